The summed E-state index contributed by atoms with van der Waals surface area (Å²) in [6.07, 6.45) is 2.89. The number of halogens is 1. The van der Waals surface area contributed by atoms with Crippen LogP contribution in [0.25, 0.3) is 0 Å². The van der Waals surface area contributed by atoms with Crippen LogP contribution in [0.1, 0.15) is 18.9 Å². The lowest BCUT2D eigenvalue weighted by atomic mass is 10.3. The molecule has 5 heteroatoms. The molecule has 0 saturated heterocycles. The van der Waals surface area contributed by atoms with Gasteiger partial charge >= 0.3 is 0 Å². The zero-order valence-electron chi connectivity index (χ0n) is 11.1. The summed E-state index contributed by atoms with van der Waals surface area (Å²) in [6.45, 7) is 5.00. The van der Waals surface area contributed by atoms with E-state index in [1.807, 2.05) is 31.3 Å². The molecule has 2 N–H and O–H groups in total. The minimum Gasteiger partial charge on any atom is -0.354 e. The van der Waals surface area contributed by atoms with Crippen molar-refractivity contribution in [2.45, 2.75) is 20.3 Å². The Hall–Kier alpha value is -1.37. The number of benzene rings is 1. The molecule has 0 amide bonds. The standard InChI is InChI=1S/C14H17IN4/c1-3-8-16-14-17-9-10(2)13(19-14)18-12-7-5-4-6-11(12)15/h4-7,9H,3,8H2,1-2H3,(H2,16,17,18,19). The van der Waals surface area contributed by atoms with Gasteiger partial charge in [-0.2, -0.15) is 4.98 Å². The molecule has 0 fully saturated rings. The van der Waals surface area contributed by atoms with Crippen molar-refractivity contribution in [1.29, 1.82) is 0 Å². The molecule has 1 aromatic carbocycles. The lowest BCUT2D eigenvalue weighted by molar-refractivity contribution is 0.950. The molecule has 0 aliphatic heterocycles. The molecule has 0 aliphatic rings. The number of anilines is 3. The number of nitrogens with one attached hydrogen (secondary N) is 2. The smallest absolute Gasteiger partial charge is 0.224 e. The topological polar surface area (TPSA) is 49.8 Å². The van der Waals surface area contributed by atoms with E-state index in [4.69, 9.17) is 0 Å². The number of hydrogen-bond donors (Lipinski definition) is 2. The SMILES string of the molecule is CCCNc1ncc(C)c(Nc2ccccc2I)n1. The summed E-state index contributed by atoms with van der Waals surface area (Å²) in [7, 11) is 0. The molecule has 100 valence electrons. The Bertz CT molecular complexity index is 557. The number of aromatic nitrogens is 2. The van der Waals surface area contributed by atoms with E-state index in [1.54, 1.807) is 0 Å². The van der Waals surface area contributed by atoms with Crippen molar-refractivity contribution < 1.29 is 0 Å². The Labute approximate surface area is 127 Å². The minimum absolute atomic E-state index is 0.667. The van der Waals surface area contributed by atoms with Crippen LogP contribution < -0.4 is 10.6 Å². The summed E-state index contributed by atoms with van der Waals surface area (Å²) in [6, 6.07) is 8.14. The molecule has 1 heterocycles. The fourth-order valence-electron chi connectivity index (χ4n) is 1.58. The Morgan fingerprint density at radius 2 is 2.05 bits per heavy atom. The van der Waals surface area contributed by atoms with E-state index in [2.05, 4.69) is 56.2 Å². The van der Waals surface area contributed by atoms with Gasteiger partial charge in [-0.15, -0.1) is 0 Å². The van der Waals surface area contributed by atoms with Gasteiger partial charge in [0.05, 0.1) is 5.69 Å². The third-order valence-corrected chi connectivity index (χ3v) is 3.57. The molecule has 0 saturated carbocycles. The van der Waals surface area contributed by atoms with Gasteiger partial charge in [0.15, 0.2) is 0 Å². The summed E-state index contributed by atoms with van der Waals surface area (Å²) >= 11 is 2.31. The van der Waals surface area contributed by atoms with Crippen LogP contribution >= 0.6 is 22.6 Å². The summed E-state index contributed by atoms with van der Waals surface area (Å²) in [5.74, 6) is 1.51. The highest BCUT2D eigenvalue weighted by Gasteiger charge is 2.05. The van der Waals surface area contributed by atoms with Crippen molar-refractivity contribution in [2.24, 2.45) is 0 Å². The van der Waals surface area contributed by atoms with Gasteiger partial charge in [-0.1, -0.05) is 19.1 Å². The van der Waals surface area contributed by atoms with Crippen LogP contribution in [0.15, 0.2) is 30.5 Å². The van der Waals surface area contributed by atoms with Crippen LogP contribution in [0.4, 0.5) is 17.5 Å². The fourth-order valence-corrected chi connectivity index (χ4v) is 2.10. The molecule has 19 heavy (non-hydrogen) atoms. The quantitative estimate of drug-likeness (QED) is 0.785. The third-order valence-electron chi connectivity index (χ3n) is 2.63. The maximum Gasteiger partial charge on any atom is 0.224 e. The number of rotatable bonds is 5. The summed E-state index contributed by atoms with van der Waals surface area (Å²) in [5, 5.41) is 6.56. The van der Waals surface area contributed by atoms with Crippen LogP contribution in [0.3, 0.4) is 0 Å². The second kappa shape index (κ2) is 6.70. The zero-order valence-corrected chi connectivity index (χ0v) is 13.2. The number of aryl methyl sites for hydroxylation is 1. The van der Waals surface area contributed by atoms with Gasteiger partial charge in [0.1, 0.15) is 5.82 Å². The molecule has 0 spiro atoms. The summed E-state index contributed by atoms with van der Waals surface area (Å²) in [5.41, 5.74) is 2.09. The zero-order chi connectivity index (χ0) is 13.7. The minimum atomic E-state index is 0.667. The summed E-state index contributed by atoms with van der Waals surface area (Å²) in [4.78, 5) is 8.79. The number of hydrogen-bond acceptors (Lipinski definition) is 4. The third kappa shape index (κ3) is 3.79. The Morgan fingerprint density at radius 1 is 1.26 bits per heavy atom. The van der Waals surface area contributed by atoms with Crippen molar-refractivity contribution >= 4 is 40.0 Å². The molecule has 1 aromatic heterocycles. The van der Waals surface area contributed by atoms with Crippen molar-refractivity contribution in [3.8, 4) is 0 Å². The normalized spacial score (nSPS) is 10.3. The van der Waals surface area contributed by atoms with Gasteiger partial charge in [0.25, 0.3) is 0 Å². The first-order valence-electron chi connectivity index (χ1n) is 6.29. The Kier molecular flexibility index (Phi) is 4.95. The van der Waals surface area contributed by atoms with E-state index in [-0.39, 0.29) is 0 Å². The van der Waals surface area contributed by atoms with E-state index >= 15 is 0 Å². The lowest BCUT2D eigenvalue weighted by Gasteiger charge is -2.11. The number of nitrogens with zero attached hydrogens (tertiary/aromatic N) is 2. The first-order valence-corrected chi connectivity index (χ1v) is 7.37. The molecule has 2 aromatic rings. The predicted molar refractivity (Wildman–Crippen MR) is 88.0 cm³/mol. The molecule has 0 aliphatic carbocycles. The van der Waals surface area contributed by atoms with Crippen LogP contribution in [0, 0.1) is 10.5 Å². The molecule has 0 radical (unpaired) electrons. The Balaban J connectivity index is 2.21. The highest BCUT2D eigenvalue weighted by atomic mass is 127. The van der Waals surface area contributed by atoms with E-state index in [9.17, 15) is 0 Å². The first-order chi connectivity index (χ1) is 9.20. The summed E-state index contributed by atoms with van der Waals surface area (Å²) < 4.78 is 1.17. The van der Waals surface area contributed by atoms with E-state index in [0.29, 0.717) is 5.95 Å². The molecular weight excluding hydrogens is 351 g/mol. The van der Waals surface area contributed by atoms with Crippen LogP contribution in [-0.4, -0.2) is 16.5 Å². The second-order valence-electron chi connectivity index (χ2n) is 4.26. The van der Waals surface area contributed by atoms with Crippen LogP contribution in [0.5, 0.6) is 0 Å². The van der Waals surface area contributed by atoms with E-state index in [1.165, 1.54) is 3.57 Å². The lowest BCUT2D eigenvalue weighted by Crippen LogP contribution is -2.07. The van der Waals surface area contributed by atoms with Crippen molar-refractivity contribution in [2.75, 3.05) is 17.2 Å². The first kappa shape index (κ1) is 14.0. The monoisotopic (exact) mass is 368 g/mol. The maximum atomic E-state index is 4.51. The van der Waals surface area contributed by atoms with Gasteiger partial charge in [-0.3, -0.25) is 0 Å². The highest BCUT2D eigenvalue weighted by molar-refractivity contribution is 14.1. The Morgan fingerprint density at radius 3 is 2.79 bits per heavy atom. The average molecular weight is 368 g/mol. The fraction of sp³-hybridized carbons (Fsp3) is 0.286. The van der Waals surface area contributed by atoms with E-state index in [0.717, 1.165) is 30.0 Å². The second-order valence-corrected chi connectivity index (χ2v) is 5.42. The molecule has 4 nitrogen and oxygen atoms in total. The maximum absolute atomic E-state index is 4.51. The molecule has 0 atom stereocenters. The largest absolute Gasteiger partial charge is 0.354 e. The number of para-hydroxylation sites is 1. The predicted octanol–water partition coefficient (Wildman–Crippen LogP) is 3.96. The highest BCUT2D eigenvalue weighted by Crippen LogP contribution is 2.23. The molecular formula is C14H17IN4. The van der Waals surface area contributed by atoms with Gasteiger partial charge in [0.2, 0.25) is 5.95 Å². The van der Waals surface area contributed by atoms with Crippen LogP contribution in [0.2, 0.25) is 0 Å². The van der Waals surface area contributed by atoms with Crippen molar-refractivity contribution in [3.63, 3.8) is 0 Å². The van der Waals surface area contributed by atoms with Crippen molar-refractivity contribution in [3.05, 3.63) is 39.6 Å². The van der Waals surface area contributed by atoms with Gasteiger partial charge < -0.3 is 10.6 Å². The molecule has 0 bridgehead atoms. The molecule has 0 unspecified atom stereocenters. The molecule has 2 rings (SSSR count). The van der Waals surface area contributed by atoms with Crippen LogP contribution in [-0.2, 0) is 0 Å². The van der Waals surface area contributed by atoms with Gasteiger partial charge in [0, 0.05) is 21.9 Å². The van der Waals surface area contributed by atoms with Gasteiger partial charge in [-0.05, 0) is 48.1 Å². The van der Waals surface area contributed by atoms with E-state index < -0.39 is 0 Å². The van der Waals surface area contributed by atoms with Crippen molar-refractivity contribution in [1.82, 2.24) is 9.97 Å². The average Bonchev–Trinajstić information content (AvgIpc) is 2.42. The van der Waals surface area contributed by atoms with Gasteiger partial charge in [-0.25, -0.2) is 4.98 Å².